The second-order valence-corrected chi connectivity index (χ2v) is 4.01. The number of ether oxygens (including phenoxy) is 2. The number of hydrogen-bond acceptors (Lipinski definition) is 4. The molecule has 2 rings (SSSR count). The molecule has 1 aromatic carbocycles. The molecule has 100 valence electrons. The Kier molecular flexibility index (Phi) is 4.75. The van der Waals surface area contributed by atoms with Crippen LogP contribution < -0.4 is 15.2 Å². The van der Waals surface area contributed by atoms with Gasteiger partial charge in [-0.25, -0.2) is 0 Å². The van der Waals surface area contributed by atoms with Gasteiger partial charge in [0.05, 0.1) is 6.61 Å². The Morgan fingerprint density at radius 2 is 1.95 bits per heavy atom. The van der Waals surface area contributed by atoms with E-state index < -0.39 is 0 Å². The van der Waals surface area contributed by atoms with Gasteiger partial charge in [0.15, 0.2) is 11.5 Å². The summed E-state index contributed by atoms with van der Waals surface area (Å²) in [6.45, 7) is 2.92. The highest BCUT2D eigenvalue weighted by Crippen LogP contribution is 2.30. The Balaban J connectivity index is 2.19. The van der Waals surface area contributed by atoms with Gasteiger partial charge in [-0.1, -0.05) is 18.2 Å². The zero-order chi connectivity index (χ0) is 13.5. The number of pyridine rings is 1. The Hall–Kier alpha value is -2.07. The van der Waals surface area contributed by atoms with Crippen LogP contribution in [0.5, 0.6) is 11.5 Å². The van der Waals surface area contributed by atoms with E-state index in [4.69, 9.17) is 15.2 Å². The lowest BCUT2D eigenvalue weighted by Crippen LogP contribution is -2.18. The molecule has 0 aliphatic rings. The van der Waals surface area contributed by atoms with Crippen LogP contribution in [0.25, 0.3) is 0 Å². The monoisotopic (exact) mass is 258 g/mol. The highest BCUT2D eigenvalue weighted by Gasteiger charge is 2.14. The van der Waals surface area contributed by atoms with Crippen LogP contribution in [0.1, 0.15) is 18.6 Å². The molecule has 2 N–H and O–H groups in total. The highest BCUT2D eigenvalue weighted by atomic mass is 16.5. The first-order valence-corrected chi connectivity index (χ1v) is 6.33. The Labute approximate surface area is 113 Å². The van der Waals surface area contributed by atoms with Gasteiger partial charge in [0.1, 0.15) is 6.10 Å². The largest absolute Gasteiger partial charge is 0.490 e. The molecule has 0 radical (unpaired) electrons. The van der Waals surface area contributed by atoms with E-state index in [-0.39, 0.29) is 6.10 Å². The summed E-state index contributed by atoms with van der Waals surface area (Å²) in [5, 5.41) is 0. The predicted octanol–water partition coefficient (Wildman–Crippen LogP) is 2.56. The van der Waals surface area contributed by atoms with Gasteiger partial charge in [0.2, 0.25) is 0 Å². The van der Waals surface area contributed by atoms with Crippen molar-refractivity contribution in [2.75, 3.05) is 13.2 Å². The number of rotatable bonds is 6. The summed E-state index contributed by atoms with van der Waals surface area (Å²) >= 11 is 0. The minimum Gasteiger partial charge on any atom is -0.490 e. The molecule has 1 aromatic heterocycles. The number of nitrogens with zero attached hydrogens (tertiary/aromatic N) is 1. The Bertz CT molecular complexity index is 503. The summed E-state index contributed by atoms with van der Waals surface area (Å²) in [6, 6.07) is 11.4. The fourth-order valence-corrected chi connectivity index (χ4v) is 1.79. The molecule has 1 unspecified atom stereocenters. The van der Waals surface area contributed by atoms with Gasteiger partial charge in [0.25, 0.3) is 0 Å². The number of benzene rings is 1. The van der Waals surface area contributed by atoms with Gasteiger partial charge >= 0.3 is 0 Å². The zero-order valence-corrected chi connectivity index (χ0v) is 11.0. The fraction of sp³-hybridized carbons (Fsp3) is 0.267. The van der Waals surface area contributed by atoms with E-state index in [1.54, 1.807) is 12.4 Å². The molecule has 0 amide bonds. The third-order valence-corrected chi connectivity index (χ3v) is 2.69. The maximum absolute atomic E-state index is 5.94. The van der Waals surface area contributed by atoms with Crippen molar-refractivity contribution in [3.05, 3.63) is 54.4 Å². The quantitative estimate of drug-likeness (QED) is 0.865. The summed E-state index contributed by atoms with van der Waals surface area (Å²) in [7, 11) is 0. The minimum absolute atomic E-state index is 0.227. The van der Waals surface area contributed by atoms with Gasteiger partial charge in [-0.15, -0.1) is 0 Å². The molecular formula is C15H18N2O2. The van der Waals surface area contributed by atoms with Crippen LogP contribution in [0, 0.1) is 0 Å². The molecule has 1 atom stereocenters. The Morgan fingerprint density at radius 1 is 1.16 bits per heavy atom. The van der Waals surface area contributed by atoms with E-state index in [9.17, 15) is 0 Å². The molecule has 19 heavy (non-hydrogen) atoms. The summed E-state index contributed by atoms with van der Waals surface area (Å²) < 4.78 is 11.5. The maximum atomic E-state index is 5.94. The molecule has 1 heterocycles. The summed E-state index contributed by atoms with van der Waals surface area (Å²) in [5.74, 6) is 1.43. The molecule has 4 nitrogen and oxygen atoms in total. The van der Waals surface area contributed by atoms with E-state index in [0.29, 0.717) is 18.9 Å². The molecule has 0 fully saturated rings. The lowest BCUT2D eigenvalue weighted by molar-refractivity contribution is 0.200. The second-order valence-electron chi connectivity index (χ2n) is 4.01. The first-order valence-electron chi connectivity index (χ1n) is 6.33. The van der Waals surface area contributed by atoms with E-state index in [1.807, 2.05) is 43.3 Å². The number of hydrogen-bond donors (Lipinski definition) is 1. The molecule has 0 bridgehead atoms. The normalized spacial score (nSPS) is 11.9. The molecule has 2 aromatic rings. The van der Waals surface area contributed by atoms with Crippen molar-refractivity contribution in [1.82, 2.24) is 4.98 Å². The van der Waals surface area contributed by atoms with E-state index in [0.717, 1.165) is 11.3 Å². The van der Waals surface area contributed by atoms with Crippen molar-refractivity contribution >= 4 is 0 Å². The summed E-state index contributed by atoms with van der Waals surface area (Å²) in [4.78, 5) is 4.09. The maximum Gasteiger partial charge on any atom is 0.162 e. The molecule has 0 aliphatic carbocycles. The molecule has 0 saturated heterocycles. The molecule has 0 spiro atoms. The highest BCUT2D eigenvalue weighted by molar-refractivity contribution is 5.40. The van der Waals surface area contributed by atoms with Gasteiger partial charge in [0, 0.05) is 24.5 Å². The van der Waals surface area contributed by atoms with E-state index in [1.165, 1.54) is 0 Å². The van der Waals surface area contributed by atoms with Crippen molar-refractivity contribution in [3.63, 3.8) is 0 Å². The Morgan fingerprint density at radius 3 is 2.58 bits per heavy atom. The van der Waals surface area contributed by atoms with Crippen LogP contribution in [0.2, 0.25) is 0 Å². The van der Waals surface area contributed by atoms with Crippen LogP contribution in [-0.4, -0.2) is 18.1 Å². The first kappa shape index (κ1) is 13.4. The average Bonchev–Trinajstić information content (AvgIpc) is 2.47. The molecule has 4 heteroatoms. The minimum atomic E-state index is -0.227. The summed E-state index contributed by atoms with van der Waals surface area (Å²) in [5.41, 5.74) is 6.74. The lowest BCUT2D eigenvalue weighted by Gasteiger charge is -2.19. The second kappa shape index (κ2) is 6.75. The van der Waals surface area contributed by atoms with Gasteiger partial charge in [-0.2, -0.15) is 0 Å². The number of nitrogens with two attached hydrogens (primary N) is 1. The average molecular weight is 258 g/mol. The summed E-state index contributed by atoms with van der Waals surface area (Å²) in [6.07, 6.45) is 3.27. The molecule has 0 aliphatic heterocycles. The van der Waals surface area contributed by atoms with Crippen molar-refractivity contribution in [1.29, 1.82) is 0 Å². The molecule has 0 saturated carbocycles. The third kappa shape index (κ3) is 3.45. The van der Waals surface area contributed by atoms with Crippen molar-refractivity contribution in [2.45, 2.75) is 13.0 Å². The van der Waals surface area contributed by atoms with Crippen LogP contribution in [0.3, 0.4) is 0 Å². The van der Waals surface area contributed by atoms with Crippen molar-refractivity contribution in [2.24, 2.45) is 5.73 Å². The topological polar surface area (TPSA) is 57.4 Å². The smallest absolute Gasteiger partial charge is 0.162 e. The van der Waals surface area contributed by atoms with E-state index >= 15 is 0 Å². The SMILES string of the molecule is CCOc1ccccc1OC(CN)c1cccnc1. The fourth-order valence-electron chi connectivity index (χ4n) is 1.79. The number of aromatic nitrogens is 1. The van der Waals surface area contributed by atoms with E-state index in [2.05, 4.69) is 4.98 Å². The van der Waals surface area contributed by atoms with Crippen LogP contribution >= 0.6 is 0 Å². The van der Waals surface area contributed by atoms with Crippen LogP contribution in [0.15, 0.2) is 48.8 Å². The first-order chi connectivity index (χ1) is 9.35. The zero-order valence-electron chi connectivity index (χ0n) is 11.0. The van der Waals surface area contributed by atoms with Crippen LogP contribution in [-0.2, 0) is 0 Å². The van der Waals surface area contributed by atoms with Crippen LogP contribution in [0.4, 0.5) is 0 Å². The lowest BCUT2D eigenvalue weighted by atomic mass is 10.1. The van der Waals surface area contributed by atoms with Gasteiger partial charge in [-0.05, 0) is 25.1 Å². The third-order valence-electron chi connectivity index (χ3n) is 2.69. The predicted molar refractivity (Wildman–Crippen MR) is 74.3 cm³/mol. The number of para-hydroxylation sites is 2. The van der Waals surface area contributed by atoms with Gasteiger partial charge in [-0.3, -0.25) is 4.98 Å². The van der Waals surface area contributed by atoms with Gasteiger partial charge < -0.3 is 15.2 Å². The standard InChI is InChI=1S/C15H18N2O2/c1-2-18-13-7-3-4-8-14(13)19-15(10-16)12-6-5-9-17-11-12/h3-9,11,15H,2,10,16H2,1H3. The van der Waals surface area contributed by atoms with Crippen molar-refractivity contribution in [3.8, 4) is 11.5 Å². The molecular weight excluding hydrogens is 240 g/mol. The van der Waals surface area contributed by atoms with Crippen molar-refractivity contribution < 1.29 is 9.47 Å².